The summed E-state index contributed by atoms with van der Waals surface area (Å²) in [5, 5.41) is 13.6. The summed E-state index contributed by atoms with van der Waals surface area (Å²) in [6, 6.07) is 3.66. The van der Waals surface area contributed by atoms with E-state index >= 15 is 0 Å². The van der Waals surface area contributed by atoms with E-state index in [1.807, 2.05) is 19.9 Å². The van der Waals surface area contributed by atoms with Crippen LogP contribution < -0.4 is 0 Å². The minimum atomic E-state index is -0.548. The molecule has 0 aliphatic rings. The van der Waals surface area contributed by atoms with Crippen molar-refractivity contribution in [1.29, 1.82) is 0 Å². The number of aryl methyl sites for hydroxylation is 2. The van der Waals surface area contributed by atoms with Gasteiger partial charge in [-0.15, -0.1) is 0 Å². The van der Waals surface area contributed by atoms with E-state index in [-0.39, 0.29) is 0 Å². The Morgan fingerprint density at radius 2 is 2.06 bits per heavy atom. The molecule has 5 nitrogen and oxygen atoms in total. The Morgan fingerprint density at radius 3 is 2.50 bits per heavy atom. The van der Waals surface area contributed by atoms with Gasteiger partial charge in [-0.1, -0.05) is 0 Å². The van der Waals surface area contributed by atoms with E-state index in [4.69, 9.17) is 0 Å². The van der Waals surface area contributed by atoms with Gasteiger partial charge in [-0.3, -0.25) is 4.98 Å². The van der Waals surface area contributed by atoms with Crippen LogP contribution in [0.25, 0.3) is 5.69 Å². The van der Waals surface area contributed by atoms with Crippen LogP contribution in [-0.4, -0.2) is 24.9 Å². The zero-order valence-electron chi connectivity index (χ0n) is 9.55. The van der Waals surface area contributed by atoms with Crippen LogP contribution in [0.15, 0.2) is 18.3 Å². The van der Waals surface area contributed by atoms with Crippen LogP contribution in [0.1, 0.15) is 30.4 Å². The average molecular weight is 218 g/mol. The van der Waals surface area contributed by atoms with E-state index in [0.29, 0.717) is 5.69 Å². The van der Waals surface area contributed by atoms with Gasteiger partial charge in [0.1, 0.15) is 11.6 Å². The number of aromatic nitrogens is 4. The Morgan fingerprint density at radius 1 is 1.31 bits per heavy atom. The lowest BCUT2D eigenvalue weighted by Gasteiger charge is -2.05. The lowest BCUT2D eigenvalue weighted by Crippen LogP contribution is -2.02. The van der Waals surface area contributed by atoms with Crippen LogP contribution >= 0.6 is 0 Å². The van der Waals surface area contributed by atoms with Crippen molar-refractivity contribution in [2.45, 2.75) is 26.9 Å². The number of aliphatic hydroxyl groups excluding tert-OH is 1. The highest BCUT2D eigenvalue weighted by atomic mass is 16.3. The number of hydrogen-bond donors (Lipinski definition) is 1. The van der Waals surface area contributed by atoms with Gasteiger partial charge in [0.05, 0.1) is 23.7 Å². The molecule has 0 aliphatic carbocycles. The highest BCUT2D eigenvalue weighted by Crippen LogP contribution is 2.12. The van der Waals surface area contributed by atoms with E-state index in [0.717, 1.165) is 17.3 Å². The van der Waals surface area contributed by atoms with Crippen LogP contribution in [0.5, 0.6) is 0 Å². The monoisotopic (exact) mass is 218 g/mol. The number of pyridine rings is 1. The summed E-state index contributed by atoms with van der Waals surface area (Å²) in [5.74, 6) is 1.56. The lowest BCUT2D eigenvalue weighted by atomic mass is 10.2. The molecule has 5 heteroatoms. The number of nitrogens with zero attached hydrogens (tertiary/aromatic N) is 4. The normalized spacial score (nSPS) is 12.8. The van der Waals surface area contributed by atoms with Crippen LogP contribution in [0, 0.1) is 13.8 Å². The van der Waals surface area contributed by atoms with Gasteiger partial charge in [-0.2, -0.15) is 5.10 Å². The fraction of sp³-hybridized carbons (Fsp3) is 0.364. The predicted molar refractivity (Wildman–Crippen MR) is 59.3 cm³/mol. The SMILES string of the molecule is Cc1nc(C)n(-c2ccc([C@@H](C)O)nc2)n1. The van der Waals surface area contributed by atoms with Gasteiger partial charge < -0.3 is 5.11 Å². The van der Waals surface area contributed by atoms with Crippen molar-refractivity contribution in [2.75, 3.05) is 0 Å². The standard InChI is InChI=1S/C11H14N4O/c1-7(16)11-5-4-10(6-12-11)15-9(3)13-8(2)14-15/h4-7,16H,1-3H3/t7-/m1/s1. The molecule has 0 aliphatic heterocycles. The third kappa shape index (κ3) is 1.94. The van der Waals surface area contributed by atoms with Crippen molar-refractivity contribution in [2.24, 2.45) is 0 Å². The molecule has 0 bridgehead atoms. The molecule has 2 rings (SSSR count). The molecule has 2 aromatic rings. The van der Waals surface area contributed by atoms with E-state index in [9.17, 15) is 5.11 Å². The first kappa shape index (κ1) is 10.8. The minimum Gasteiger partial charge on any atom is -0.387 e. The summed E-state index contributed by atoms with van der Waals surface area (Å²) in [4.78, 5) is 8.39. The summed E-state index contributed by atoms with van der Waals surface area (Å²) < 4.78 is 1.73. The Balaban J connectivity index is 2.38. The second-order valence-electron chi connectivity index (χ2n) is 3.74. The molecule has 16 heavy (non-hydrogen) atoms. The Labute approximate surface area is 93.8 Å². The first-order valence-corrected chi connectivity index (χ1v) is 5.12. The first-order chi connectivity index (χ1) is 7.58. The van der Waals surface area contributed by atoms with Crippen molar-refractivity contribution < 1.29 is 5.11 Å². The molecule has 2 aromatic heterocycles. The molecule has 1 N–H and O–H groups in total. The van der Waals surface area contributed by atoms with Crippen molar-refractivity contribution in [3.63, 3.8) is 0 Å². The maximum atomic E-state index is 9.35. The topological polar surface area (TPSA) is 63.8 Å². The van der Waals surface area contributed by atoms with Gasteiger partial charge in [0.2, 0.25) is 0 Å². The molecule has 0 spiro atoms. The van der Waals surface area contributed by atoms with Gasteiger partial charge in [-0.25, -0.2) is 9.67 Å². The highest BCUT2D eigenvalue weighted by Gasteiger charge is 2.07. The molecular formula is C11H14N4O. The third-order valence-electron chi connectivity index (χ3n) is 2.32. The Kier molecular flexibility index (Phi) is 2.70. The molecule has 0 radical (unpaired) electrons. The van der Waals surface area contributed by atoms with Gasteiger partial charge in [-0.05, 0) is 32.9 Å². The molecule has 0 aromatic carbocycles. The molecule has 0 unspecified atom stereocenters. The van der Waals surface area contributed by atoms with Crippen LogP contribution in [0.3, 0.4) is 0 Å². The second kappa shape index (κ2) is 4.02. The zero-order valence-corrected chi connectivity index (χ0v) is 9.55. The Bertz CT molecular complexity index is 487. The minimum absolute atomic E-state index is 0.548. The summed E-state index contributed by atoms with van der Waals surface area (Å²) in [6.45, 7) is 5.43. The molecule has 84 valence electrons. The van der Waals surface area contributed by atoms with Gasteiger partial charge in [0, 0.05) is 0 Å². The average Bonchev–Trinajstić information content (AvgIpc) is 2.58. The fourth-order valence-electron chi connectivity index (χ4n) is 1.54. The van der Waals surface area contributed by atoms with Gasteiger partial charge >= 0.3 is 0 Å². The number of hydrogen-bond acceptors (Lipinski definition) is 4. The van der Waals surface area contributed by atoms with Crippen molar-refractivity contribution in [3.8, 4) is 5.69 Å². The van der Waals surface area contributed by atoms with Crippen molar-refractivity contribution in [1.82, 2.24) is 19.7 Å². The van der Waals surface area contributed by atoms with E-state index < -0.39 is 6.10 Å². The first-order valence-electron chi connectivity index (χ1n) is 5.12. The summed E-state index contributed by atoms with van der Waals surface area (Å²) in [5.41, 5.74) is 1.50. The summed E-state index contributed by atoms with van der Waals surface area (Å²) in [7, 11) is 0. The van der Waals surface area contributed by atoms with Gasteiger partial charge in [0.15, 0.2) is 0 Å². The van der Waals surface area contributed by atoms with E-state index in [2.05, 4.69) is 15.1 Å². The second-order valence-corrected chi connectivity index (χ2v) is 3.74. The molecule has 1 atom stereocenters. The molecule has 0 amide bonds. The highest BCUT2D eigenvalue weighted by molar-refractivity contribution is 5.29. The van der Waals surface area contributed by atoms with Crippen LogP contribution in [0.2, 0.25) is 0 Å². The summed E-state index contributed by atoms with van der Waals surface area (Å²) >= 11 is 0. The maximum absolute atomic E-state index is 9.35. The molecule has 2 heterocycles. The quantitative estimate of drug-likeness (QED) is 0.826. The molecule has 0 saturated heterocycles. The van der Waals surface area contributed by atoms with Crippen molar-refractivity contribution >= 4 is 0 Å². The van der Waals surface area contributed by atoms with Gasteiger partial charge in [0.25, 0.3) is 0 Å². The maximum Gasteiger partial charge on any atom is 0.148 e. The largest absolute Gasteiger partial charge is 0.387 e. The Hall–Kier alpha value is -1.75. The molecular weight excluding hydrogens is 204 g/mol. The van der Waals surface area contributed by atoms with E-state index in [1.165, 1.54) is 0 Å². The smallest absolute Gasteiger partial charge is 0.148 e. The zero-order chi connectivity index (χ0) is 11.7. The van der Waals surface area contributed by atoms with Crippen molar-refractivity contribution in [3.05, 3.63) is 35.7 Å². The lowest BCUT2D eigenvalue weighted by molar-refractivity contribution is 0.194. The third-order valence-corrected chi connectivity index (χ3v) is 2.32. The number of rotatable bonds is 2. The fourth-order valence-corrected chi connectivity index (χ4v) is 1.54. The molecule has 0 fully saturated rings. The summed E-state index contributed by atoms with van der Waals surface area (Å²) in [6.07, 6.45) is 1.14. The number of aliphatic hydroxyl groups is 1. The van der Waals surface area contributed by atoms with E-state index in [1.54, 1.807) is 23.9 Å². The van der Waals surface area contributed by atoms with Crippen LogP contribution in [-0.2, 0) is 0 Å². The predicted octanol–water partition coefficient (Wildman–Crippen LogP) is 1.33. The molecule has 0 saturated carbocycles. The van der Waals surface area contributed by atoms with Crippen LogP contribution in [0.4, 0.5) is 0 Å².